The SMILES string of the molecule is CN(Cc1ccc(OC(F)F)cc1)C(=O)c1ccc(Cl)c(S(=O)(=O)NC(C)(C)C)c1. The summed E-state index contributed by atoms with van der Waals surface area (Å²) in [6, 6.07) is 9.91. The number of hydrogen-bond donors (Lipinski definition) is 1. The molecule has 10 heteroatoms. The van der Waals surface area contributed by atoms with Crippen LogP contribution in [0.2, 0.25) is 5.02 Å². The van der Waals surface area contributed by atoms with Crippen LogP contribution in [-0.2, 0) is 16.6 Å². The van der Waals surface area contributed by atoms with Gasteiger partial charge in [0.2, 0.25) is 10.0 Å². The number of carbonyl (C=O) groups excluding carboxylic acids is 1. The predicted octanol–water partition coefficient (Wildman–Crippen LogP) is 4.29. The lowest BCUT2D eigenvalue weighted by Gasteiger charge is -2.22. The molecule has 0 unspecified atom stereocenters. The molecule has 0 saturated heterocycles. The smallest absolute Gasteiger partial charge is 0.387 e. The molecule has 0 radical (unpaired) electrons. The number of nitrogens with zero attached hydrogens (tertiary/aromatic N) is 1. The Morgan fingerprint density at radius 3 is 2.30 bits per heavy atom. The third-order valence-electron chi connectivity index (χ3n) is 3.82. The van der Waals surface area contributed by atoms with Crippen molar-refractivity contribution >= 4 is 27.5 Å². The van der Waals surface area contributed by atoms with Gasteiger partial charge in [0.15, 0.2) is 0 Å². The largest absolute Gasteiger partial charge is 0.435 e. The van der Waals surface area contributed by atoms with Gasteiger partial charge in [0.05, 0.1) is 5.02 Å². The standard InChI is InChI=1S/C20H23ClF2N2O4S/c1-20(2,3)24-30(27,28)17-11-14(7-10-16(17)21)18(26)25(4)12-13-5-8-15(9-6-13)29-19(22)23/h5-11,19,24H,12H2,1-4H3. The van der Waals surface area contributed by atoms with Gasteiger partial charge in [0.25, 0.3) is 5.91 Å². The van der Waals surface area contributed by atoms with Gasteiger partial charge in [-0.05, 0) is 56.7 Å². The van der Waals surface area contributed by atoms with Crippen LogP contribution in [-0.4, -0.2) is 38.4 Å². The van der Waals surface area contributed by atoms with Crippen LogP contribution in [0.5, 0.6) is 5.75 Å². The van der Waals surface area contributed by atoms with E-state index in [1.807, 2.05) is 0 Å². The number of benzene rings is 2. The van der Waals surface area contributed by atoms with E-state index < -0.39 is 28.1 Å². The average Bonchev–Trinajstić information content (AvgIpc) is 2.60. The topological polar surface area (TPSA) is 75.7 Å². The highest BCUT2D eigenvalue weighted by Crippen LogP contribution is 2.25. The fourth-order valence-corrected chi connectivity index (χ4v) is 4.59. The van der Waals surface area contributed by atoms with E-state index in [0.717, 1.165) is 0 Å². The second-order valence-electron chi connectivity index (χ2n) is 7.68. The first kappa shape index (κ1) is 24.0. The molecule has 1 amide bonds. The molecule has 0 aliphatic rings. The molecule has 2 rings (SSSR count). The summed E-state index contributed by atoms with van der Waals surface area (Å²) < 4.78 is 56.5. The lowest BCUT2D eigenvalue weighted by molar-refractivity contribution is -0.0498. The van der Waals surface area contributed by atoms with Gasteiger partial charge in [-0.15, -0.1) is 0 Å². The second-order valence-corrected chi connectivity index (χ2v) is 9.74. The lowest BCUT2D eigenvalue weighted by atomic mass is 10.1. The first-order chi connectivity index (χ1) is 13.8. The van der Waals surface area contributed by atoms with Crippen molar-refractivity contribution in [2.24, 2.45) is 0 Å². The van der Waals surface area contributed by atoms with Gasteiger partial charge in [-0.1, -0.05) is 23.7 Å². The van der Waals surface area contributed by atoms with Crippen molar-refractivity contribution in [3.8, 4) is 5.75 Å². The highest BCUT2D eigenvalue weighted by Gasteiger charge is 2.26. The molecule has 0 heterocycles. The molecule has 30 heavy (non-hydrogen) atoms. The predicted molar refractivity (Wildman–Crippen MR) is 110 cm³/mol. The third kappa shape index (κ3) is 6.65. The number of nitrogens with one attached hydrogen (secondary N) is 1. The van der Waals surface area contributed by atoms with Gasteiger partial charge in [-0.25, -0.2) is 13.1 Å². The maximum absolute atomic E-state index is 12.8. The fraction of sp³-hybridized carbons (Fsp3) is 0.350. The minimum Gasteiger partial charge on any atom is -0.435 e. The third-order valence-corrected chi connectivity index (χ3v) is 6.06. The Hall–Kier alpha value is -2.23. The monoisotopic (exact) mass is 460 g/mol. The summed E-state index contributed by atoms with van der Waals surface area (Å²) >= 11 is 6.07. The minimum atomic E-state index is -3.93. The van der Waals surface area contributed by atoms with Crippen LogP contribution in [0.1, 0.15) is 36.7 Å². The van der Waals surface area contributed by atoms with Crippen LogP contribution >= 0.6 is 11.6 Å². The van der Waals surface area contributed by atoms with Crippen molar-refractivity contribution in [1.82, 2.24) is 9.62 Å². The number of halogens is 3. The molecule has 0 aliphatic carbocycles. The molecule has 1 N–H and O–H groups in total. The summed E-state index contributed by atoms with van der Waals surface area (Å²) in [5.74, 6) is -0.409. The van der Waals surface area contributed by atoms with E-state index in [4.69, 9.17) is 11.6 Å². The number of hydrogen-bond acceptors (Lipinski definition) is 4. The van der Waals surface area contributed by atoms with Gasteiger partial charge in [0, 0.05) is 24.7 Å². The molecule has 6 nitrogen and oxygen atoms in total. The summed E-state index contributed by atoms with van der Waals surface area (Å²) in [6.07, 6.45) is 0. The average molecular weight is 461 g/mol. The lowest BCUT2D eigenvalue weighted by Crippen LogP contribution is -2.40. The maximum atomic E-state index is 12.8. The molecular formula is C20H23ClF2N2O4S. The highest BCUT2D eigenvalue weighted by molar-refractivity contribution is 7.89. The van der Waals surface area contributed by atoms with E-state index in [1.54, 1.807) is 40.0 Å². The molecule has 0 bridgehead atoms. The molecule has 0 aromatic heterocycles. The Morgan fingerprint density at radius 2 is 1.77 bits per heavy atom. The van der Waals surface area contributed by atoms with Gasteiger partial charge in [-0.3, -0.25) is 4.79 Å². The number of amides is 1. The molecule has 0 saturated carbocycles. The zero-order valence-electron chi connectivity index (χ0n) is 16.9. The van der Waals surface area contributed by atoms with Crippen molar-refractivity contribution in [3.05, 3.63) is 58.6 Å². The summed E-state index contributed by atoms with van der Waals surface area (Å²) in [5.41, 5.74) is 0.108. The van der Waals surface area contributed by atoms with Crippen molar-refractivity contribution in [2.45, 2.75) is 44.4 Å². The van der Waals surface area contributed by atoms with Gasteiger partial charge < -0.3 is 9.64 Å². The minimum absolute atomic E-state index is 0.000530. The summed E-state index contributed by atoms with van der Waals surface area (Å²) in [6.45, 7) is 2.35. The maximum Gasteiger partial charge on any atom is 0.387 e. The van der Waals surface area contributed by atoms with Crippen molar-refractivity contribution in [1.29, 1.82) is 0 Å². The quantitative estimate of drug-likeness (QED) is 0.668. The summed E-state index contributed by atoms with van der Waals surface area (Å²) in [7, 11) is -2.39. The highest BCUT2D eigenvalue weighted by atomic mass is 35.5. The summed E-state index contributed by atoms with van der Waals surface area (Å²) in [4.78, 5) is 14.0. The molecule has 2 aromatic rings. The Balaban J connectivity index is 2.20. The van der Waals surface area contributed by atoms with Crippen LogP contribution in [0.15, 0.2) is 47.4 Å². The van der Waals surface area contributed by atoms with E-state index >= 15 is 0 Å². The zero-order chi connectivity index (χ0) is 22.7. The number of rotatable bonds is 7. The van der Waals surface area contributed by atoms with Crippen LogP contribution < -0.4 is 9.46 Å². The zero-order valence-corrected chi connectivity index (χ0v) is 18.5. The number of ether oxygens (including phenoxy) is 1. The van der Waals surface area contributed by atoms with Crippen LogP contribution in [0.25, 0.3) is 0 Å². The van der Waals surface area contributed by atoms with Crippen molar-refractivity contribution in [2.75, 3.05) is 7.05 Å². The van der Waals surface area contributed by atoms with E-state index in [9.17, 15) is 22.0 Å². The molecule has 0 atom stereocenters. The Morgan fingerprint density at radius 1 is 1.17 bits per heavy atom. The molecule has 0 aliphatic heterocycles. The van der Waals surface area contributed by atoms with E-state index in [2.05, 4.69) is 9.46 Å². The van der Waals surface area contributed by atoms with E-state index in [-0.39, 0.29) is 27.8 Å². The van der Waals surface area contributed by atoms with E-state index in [1.165, 1.54) is 35.2 Å². The number of alkyl halides is 2. The molecule has 0 fully saturated rings. The Labute approximate surface area is 179 Å². The first-order valence-electron chi connectivity index (χ1n) is 8.91. The van der Waals surface area contributed by atoms with Crippen molar-refractivity contribution in [3.63, 3.8) is 0 Å². The van der Waals surface area contributed by atoms with E-state index in [0.29, 0.717) is 5.56 Å². The number of carbonyl (C=O) groups is 1. The van der Waals surface area contributed by atoms with Gasteiger partial charge in [0.1, 0.15) is 10.6 Å². The fourth-order valence-electron chi connectivity index (χ4n) is 2.64. The van der Waals surface area contributed by atoms with Crippen LogP contribution in [0.3, 0.4) is 0 Å². The van der Waals surface area contributed by atoms with Crippen LogP contribution in [0.4, 0.5) is 8.78 Å². The molecule has 0 spiro atoms. The first-order valence-corrected chi connectivity index (χ1v) is 10.8. The van der Waals surface area contributed by atoms with Gasteiger partial charge >= 0.3 is 6.61 Å². The van der Waals surface area contributed by atoms with Gasteiger partial charge in [-0.2, -0.15) is 8.78 Å². The Kier molecular flexibility index (Phi) is 7.44. The molecular weight excluding hydrogens is 438 g/mol. The van der Waals surface area contributed by atoms with Crippen LogP contribution in [0, 0.1) is 0 Å². The summed E-state index contributed by atoms with van der Waals surface area (Å²) in [5, 5.41) is 0.000530. The van der Waals surface area contributed by atoms with Crippen molar-refractivity contribution < 1.29 is 26.7 Å². The number of sulfonamides is 1. The second kappa shape index (κ2) is 9.28. The molecule has 164 valence electrons. The molecule has 2 aromatic carbocycles. The normalized spacial score (nSPS) is 12.1. The Bertz CT molecular complexity index is 1010.